The van der Waals surface area contributed by atoms with Crippen LogP contribution in [-0.2, 0) is 4.74 Å². The molecule has 16 heavy (non-hydrogen) atoms. The molecule has 0 unspecified atom stereocenters. The zero-order valence-corrected chi connectivity index (χ0v) is 11.8. The van der Waals surface area contributed by atoms with Gasteiger partial charge in [-0.1, -0.05) is 28.1 Å². The summed E-state index contributed by atoms with van der Waals surface area (Å²) >= 11 is 3.48. The van der Waals surface area contributed by atoms with Crippen molar-refractivity contribution in [2.75, 3.05) is 13.2 Å². The molecule has 0 aromatic heterocycles. The van der Waals surface area contributed by atoms with Gasteiger partial charge < -0.3 is 10.1 Å². The molecule has 0 aliphatic rings. The second kappa shape index (κ2) is 7.05. The maximum atomic E-state index is 5.48. The lowest BCUT2D eigenvalue weighted by Gasteiger charge is -2.15. The normalized spacial score (nSPS) is 13.1. The van der Waals surface area contributed by atoms with E-state index in [0.717, 1.165) is 17.6 Å². The largest absolute Gasteiger partial charge is 0.377 e. The maximum Gasteiger partial charge on any atom is 0.0594 e. The van der Waals surface area contributed by atoms with Gasteiger partial charge in [-0.05, 0) is 38.5 Å². The Hall–Kier alpha value is -0.380. The van der Waals surface area contributed by atoms with Crippen LogP contribution in [0.25, 0.3) is 0 Å². The molecule has 0 aliphatic heterocycles. The van der Waals surface area contributed by atoms with Crippen LogP contribution in [0.4, 0.5) is 0 Å². The van der Waals surface area contributed by atoms with Crippen LogP contribution in [0.2, 0.25) is 0 Å². The van der Waals surface area contributed by atoms with Crippen LogP contribution in [0.1, 0.15) is 32.4 Å². The predicted molar refractivity (Wildman–Crippen MR) is 71.6 cm³/mol. The van der Waals surface area contributed by atoms with Gasteiger partial charge in [-0.25, -0.2) is 0 Å². The SMILES string of the molecule is CC(C)OCCN[C@@H](C)c1cccc(Br)c1. The molecule has 1 aromatic rings. The molecule has 90 valence electrons. The van der Waals surface area contributed by atoms with Crippen LogP contribution in [0.5, 0.6) is 0 Å². The van der Waals surface area contributed by atoms with Crippen molar-refractivity contribution in [3.63, 3.8) is 0 Å². The first kappa shape index (κ1) is 13.7. The molecule has 1 N–H and O–H groups in total. The molecule has 0 saturated carbocycles. The third-order valence-corrected chi connectivity index (χ3v) is 2.85. The molecule has 0 heterocycles. The quantitative estimate of drug-likeness (QED) is 0.808. The number of ether oxygens (including phenoxy) is 1. The van der Waals surface area contributed by atoms with Gasteiger partial charge >= 0.3 is 0 Å². The molecule has 1 rings (SSSR count). The van der Waals surface area contributed by atoms with Crippen molar-refractivity contribution in [2.24, 2.45) is 0 Å². The molecule has 0 amide bonds. The summed E-state index contributed by atoms with van der Waals surface area (Å²) in [5, 5.41) is 3.44. The molecular formula is C13H20BrNO. The summed E-state index contributed by atoms with van der Waals surface area (Å²) in [5.41, 5.74) is 1.29. The number of halogens is 1. The van der Waals surface area contributed by atoms with Gasteiger partial charge in [-0.2, -0.15) is 0 Å². The van der Waals surface area contributed by atoms with Crippen molar-refractivity contribution in [1.82, 2.24) is 5.32 Å². The Kier molecular flexibility index (Phi) is 6.03. The number of benzene rings is 1. The van der Waals surface area contributed by atoms with E-state index in [-0.39, 0.29) is 0 Å². The van der Waals surface area contributed by atoms with Gasteiger partial charge in [0, 0.05) is 17.1 Å². The zero-order valence-electron chi connectivity index (χ0n) is 10.2. The van der Waals surface area contributed by atoms with E-state index in [1.54, 1.807) is 0 Å². The summed E-state index contributed by atoms with van der Waals surface area (Å²) in [6.45, 7) is 7.91. The van der Waals surface area contributed by atoms with Gasteiger partial charge in [0.25, 0.3) is 0 Å². The zero-order chi connectivity index (χ0) is 12.0. The molecule has 0 aliphatic carbocycles. The van der Waals surface area contributed by atoms with Gasteiger partial charge in [-0.3, -0.25) is 0 Å². The van der Waals surface area contributed by atoms with Crippen molar-refractivity contribution in [2.45, 2.75) is 32.9 Å². The standard InChI is InChI=1S/C13H20BrNO/c1-10(2)16-8-7-15-11(3)12-5-4-6-13(14)9-12/h4-6,9-11,15H,7-8H2,1-3H3/t11-/m0/s1. The Labute approximate surface area is 107 Å². The van der Waals surface area contributed by atoms with Gasteiger partial charge in [0.05, 0.1) is 12.7 Å². The average Bonchev–Trinajstić information content (AvgIpc) is 2.24. The smallest absolute Gasteiger partial charge is 0.0594 e. The summed E-state index contributed by atoms with van der Waals surface area (Å²) in [7, 11) is 0. The van der Waals surface area contributed by atoms with E-state index in [4.69, 9.17) is 4.74 Å². The lowest BCUT2D eigenvalue weighted by molar-refractivity contribution is 0.0796. The highest BCUT2D eigenvalue weighted by molar-refractivity contribution is 9.10. The summed E-state index contributed by atoms with van der Waals surface area (Å²) < 4.78 is 6.60. The Morgan fingerprint density at radius 1 is 1.31 bits per heavy atom. The Balaban J connectivity index is 2.32. The van der Waals surface area contributed by atoms with Crippen LogP contribution in [0.15, 0.2) is 28.7 Å². The Morgan fingerprint density at radius 2 is 2.06 bits per heavy atom. The molecule has 0 spiro atoms. The lowest BCUT2D eigenvalue weighted by atomic mass is 10.1. The fourth-order valence-electron chi connectivity index (χ4n) is 1.46. The fraction of sp³-hybridized carbons (Fsp3) is 0.538. The van der Waals surface area contributed by atoms with Crippen LogP contribution >= 0.6 is 15.9 Å². The van der Waals surface area contributed by atoms with Gasteiger partial charge in [-0.15, -0.1) is 0 Å². The highest BCUT2D eigenvalue weighted by Gasteiger charge is 2.04. The first-order chi connectivity index (χ1) is 7.59. The van der Waals surface area contributed by atoms with Gasteiger partial charge in [0.2, 0.25) is 0 Å². The Bertz CT molecular complexity index is 315. The van der Waals surface area contributed by atoms with Gasteiger partial charge in [0.1, 0.15) is 0 Å². The van der Waals surface area contributed by atoms with Crippen molar-refractivity contribution in [3.05, 3.63) is 34.3 Å². The predicted octanol–water partition coefficient (Wildman–Crippen LogP) is 3.52. The van der Waals surface area contributed by atoms with E-state index in [9.17, 15) is 0 Å². The van der Waals surface area contributed by atoms with E-state index in [1.165, 1.54) is 5.56 Å². The van der Waals surface area contributed by atoms with E-state index >= 15 is 0 Å². The van der Waals surface area contributed by atoms with Crippen LogP contribution in [0, 0.1) is 0 Å². The topological polar surface area (TPSA) is 21.3 Å². The van der Waals surface area contributed by atoms with E-state index < -0.39 is 0 Å². The van der Waals surface area contributed by atoms with Crippen molar-refractivity contribution in [1.29, 1.82) is 0 Å². The summed E-state index contributed by atoms with van der Waals surface area (Å²) in [6, 6.07) is 8.72. The molecular weight excluding hydrogens is 266 g/mol. The number of hydrogen-bond acceptors (Lipinski definition) is 2. The molecule has 1 aromatic carbocycles. The van der Waals surface area contributed by atoms with Crippen LogP contribution < -0.4 is 5.32 Å². The summed E-state index contributed by atoms with van der Waals surface area (Å²) in [5.74, 6) is 0. The second-order valence-electron chi connectivity index (χ2n) is 4.15. The minimum atomic E-state index is 0.308. The number of hydrogen-bond donors (Lipinski definition) is 1. The maximum absolute atomic E-state index is 5.48. The minimum Gasteiger partial charge on any atom is -0.377 e. The van der Waals surface area contributed by atoms with E-state index in [0.29, 0.717) is 12.1 Å². The highest BCUT2D eigenvalue weighted by atomic mass is 79.9. The fourth-order valence-corrected chi connectivity index (χ4v) is 1.88. The van der Waals surface area contributed by atoms with Gasteiger partial charge in [0.15, 0.2) is 0 Å². The van der Waals surface area contributed by atoms with Crippen molar-refractivity contribution in [3.8, 4) is 0 Å². The minimum absolute atomic E-state index is 0.308. The Morgan fingerprint density at radius 3 is 2.69 bits per heavy atom. The number of nitrogens with one attached hydrogen (secondary N) is 1. The number of rotatable bonds is 6. The van der Waals surface area contributed by atoms with E-state index in [1.807, 2.05) is 6.07 Å². The molecule has 0 saturated heterocycles. The first-order valence-corrected chi connectivity index (χ1v) is 6.49. The first-order valence-electron chi connectivity index (χ1n) is 5.70. The summed E-state index contributed by atoms with van der Waals surface area (Å²) in [4.78, 5) is 0. The third-order valence-electron chi connectivity index (χ3n) is 2.35. The molecule has 0 radical (unpaired) electrons. The molecule has 2 nitrogen and oxygen atoms in total. The molecule has 3 heteroatoms. The van der Waals surface area contributed by atoms with Crippen molar-refractivity contribution < 1.29 is 4.74 Å². The van der Waals surface area contributed by atoms with Crippen LogP contribution in [0.3, 0.4) is 0 Å². The molecule has 0 fully saturated rings. The van der Waals surface area contributed by atoms with Crippen LogP contribution in [-0.4, -0.2) is 19.3 Å². The van der Waals surface area contributed by atoms with E-state index in [2.05, 4.69) is 60.2 Å². The molecule has 1 atom stereocenters. The molecule has 0 bridgehead atoms. The average molecular weight is 286 g/mol. The highest BCUT2D eigenvalue weighted by Crippen LogP contribution is 2.17. The monoisotopic (exact) mass is 285 g/mol. The second-order valence-corrected chi connectivity index (χ2v) is 5.07. The third kappa shape index (κ3) is 5.10. The lowest BCUT2D eigenvalue weighted by Crippen LogP contribution is -2.24. The van der Waals surface area contributed by atoms with Crippen molar-refractivity contribution >= 4 is 15.9 Å². The summed E-state index contributed by atoms with van der Waals surface area (Å²) in [6.07, 6.45) is 0.308.